The van der Waals surface area contributed by atoms with E-state index in [4.69, 9.17) is 0 Å². The van der Waals surface area contributed by atoms with Crippen LogP contribution in [-0.2, 0) is 21.4 Å². The topological polar surface area (TPSA) is 79.7 Å². The first-order chi connectivity index (χ1) is 14.4. The van der Waals surface area contributed by atoms with Gasteiger partial charge in [-0.15, -0.1) is 0 Å². The fourth-order valence-electron chi connectivity index (χ4n) is 4.49. The standard InChI is InChI=1S/C21H29N3O4S2/c1-16-7-3-6-13-24(16)30(27,28)17-8-9-18-19(15-17)29-21(26)23(18)14-10-20(25)22-11-4-2-5-12-22/h8-9,15-16H,2-7,10-14H2,1H3/t16-/m1/s1. The molecule has 164 valence electrons. The normalized spacial score (nSPS) is 21.2. The highest BCUT2D eigenvalue weighted by Gasteiger charge is 2.31. The number of benzene rings is 1. The maximum absolute atomic E-state index is 13.1. The second kappa shape index (κ2) is 8.80. The molecule has 2 aromatic rings. The molecule has 0 bridgehead atoms. The third-order valence-electron chi connectivity index (χ3n) is 6.25. The average molecular weight is 452 g/mol. The molecule has 3 heterocycles. The van der Waals surface area contributed by atoms with Gasteiger partial charge >= 0.3 is 4.87 Å². The van der Waals surface area contributed by atoms with E-state index in [9.17, 15) is 18.0 Å². The van der Waals surface area contributed by atoms with Crippen molar-refractivity contribution in [3.63, 3.8) is 0 Å². The fraction of sp³-hybridized carbons (Fsp3) is 0.619. The van der Waals surface area contributed by atoms with E-state index in [-0.39, 0.29) is 28.1 Å². The Morgan fingerprint density at radius 2 is 1.83 bits per heavy atom. The number of piperidine rings is 2. The van der Waals surface area contributed by atoms with Crippen LogP contribution in [0.3, 0.4) is 0 Å². The largest absolute Gasteiger partial charge is 0.343 e. The van der Waals surface area contributed by atoms with Crippen LogP contribution in [0.5, 0.6) is 0 Å². The van der Waals surface area contributed by atoms with Crippen molar-refractivity contribution in [3.8, 4) is 0 Å². The van der Waals surface area contributed by atoms with Gasteiger partial charge in [0.15, 0.2) is 0 Å². The first kappa shape index (κ1) is 21.5. The van der Waals surface area contributed by atoms with Crippen LogP contribution in [0.25, 0.3) is 10.2 Å². The fourth-order valence-corrected chi connectivity index (χ4v) is 7.25. The van der Waals surface area contributed by atoms with Crippen molar-refractivity contribution in [3.05, 3.63) is 27.9 Å². The molecule has 0 aliphatic carbocycles. The first-order valence-electron chi connectivity index (χ1n) is 10.8. The summed E-state index contributed by atoms with van der Waals surface area (Å²) in [6.07, 6.45) is 6.33. The third kappa shape index (κ3) is 4.20. The summed E-state index contributed by atoms with van der Waals surface area (Å²) in [5.74, 6) is 0.0826. The molecule has 0 unspecified atom stereocenters. The molecule has 0 radical (unpaired) electrons. The molecule has 1 aromatic heterocycles. The Morgan fingerprint density at radius 1 is 1.10 bits per heavy atom. The molecule has 0 spiro atoms. The predicted molar refractivity (Wildman–Crippen MR) is 118 cm³/mol. The highest BCUT2D eigenvalue weighted by atomic mass is 32.2. The molecule has 1 atom stereocenters. The molecule has 0 saturated carbocycles. The van der Waals surface area contributed by atoms with Crippen molar-refractivity contribution in [1.29, 1.82) is 0 Å². The lowest BCUT2D eigenvalue weighted by Crippen LogP contribution is -2.41. The van der Waals surface area contributed by atoms with E-state index in [2.05, 4.69) is 0 Å². The van der Waals surface area contributed by atoms with Crippen LogP contribution in [0.1, 0.15) is 51.9 Å². The number of amides is 1. The second-order valence-electron chi connectivity index (χ2n) is 8.30. The number of nitrogens with zero attached hydrogens (tertiary/aromatic N) is 3. The average Bonchev–Trinajstić information content (AvgIpc) is 3.07. The number of fused-ring (bicyclic) bond motifs is 1. The Labute approximate surface area is 181 Å². The summed E-state index contributed by atoms with van der Waals surface area (Å²) in [6.45, 7) is 4.41. The maximum atomic E-state index is 13.1. The van der Waals surface area contributed by atoms with Crippen molar-refractivity contribution in [2.45, 2.75) is 69.4 Å². The lowest BCUT2D eigenvalue weighted by molar-refractivity contribution is -0.132. The zero-order chi connectivity index (χ0) is 21.3. The molecule has 9 heteroatoms. The summed E-state index contributed by atoms with van der Waals surface area (Å²) in [4.78, 5) is 27.0. The van der Waals surface area contributed by atoms with E-state index in [1.165, 1.54) is 6.42 Å². The minimum atomic E-state index is -3.58. The highest BCUT2D eigenvalue weighted by molar-refractivity contribution is 7.89. The molecule has 2 saturated heterocycles. The monoisotopic (exact) mass is 451 g/mol. The number of thiazole rings is 1. The number of aryl methyl sites for hydroxylation is 1. The van der Waals surface area contributed by atoms with E-state index in [1.807, 2.05) is 11.8 Å². The Kier molecular flexibility index (Phi) is 6.31. The lowest BCUT2D eigenvalue weighted by atomic mass is 10.1. The molecule has 2 aliphatic rings. The number of carbonyl (C=O) groups is 1. The van der Waals surface area contributed by atoms with Gasteiger partial charge in [0.1, 0.15) is 0 Å². The molecule has 2 fully saturated rings. The van der Waals surface area contributed by atoms with E-state index in [0.717, 1.165) is 56.5 Å². The third-order valence-corrected chi connectivity index (χ3v) is 9.20. The summed E-state index contributed by atoms with van der Waals surface area (Å²) in [5, 5.41) is 0. The first-order valence-corrected chi connectivity index (χ1v) is 13.1. The number of carbonyl (C=O) groups excluding carboxylic acids is 1. The SMILES string of the molecule is C[C@@H]1CCCCN1S(=O)(=O)c1ccc2c(c1)sc(=O)n2CCC(=O)N1CCCCC1. The summed E-state index contributed by atoms with van der Waals surface area (Å²) in [7, 11) is -3.58. The zero-order valence-electron chi connectivity index (χ0n) is 17.4. The molecule has 2 aliphatic heterocycles. The van der Waals surface area contributed by atoms with Crippen LogP contribution in [0.4, 0.5) is 0 Å². The number of likely N-dealkylation sites (tertiary alicyclic amines) is 1. The van der Waals surface area contributed by atoms with Crippen LogP contribution >= 0.6 is 11.3 Å². The Bertz CT molecular complexity index is 1080. The summed E-state index contributed by atoms with van der Waals surface area (Å²) in [6, 6.07) is 4.90. The van der Waals surface area contributed by atoms with Crippen LogP contribution in [-0.4, -0.2) is 53.8 Å². The lowest BCUT2D eigenvalue weighted by Gasteiger charge is -2.32. The van der Waals surface area contributed by atoms with Gasteiger partial charge in [-0.3, -0.25) is 14.2 Å². The number of sulfonamides is 1. The van der Waals surface area contributed by atoms with Crippen LogP contribution in [0.2, 0.25) is 0 Å². The quantitative estimate of drug-likeness (QED) is 0.700. The highest BCUT2D eigenvalue weighted by Crippen LogP contribution is 2.28. The zero-order valence-corrected chi connectivity index (χ0v) is 19.0. The molecule has 0 N–H and O–H groups in total. The smallest absolute Gasteiger partial charge is 0.308 e. The van der Waals surface area contributed by atoms with Gasteiger partial charge in [-0.1, -0.05) is 17.8 Å². The van der Waals surface area contributed by atoms with E-state index < -0.39 is 10.0 Å². The van der Waals surface area contributed by atoms with Gasteiger partial charge < -0.3 is 4.90 Å². The number of hydrogen-bond donors (Lipinski definition) is 0. The van der Waals surface area contributed by atoms with Gasteiger partial charge in [-0.05, 0) is 57.2 Å². The van der Waals surface area contributed by atoms with Crippen molar-refractivity contribution in [2.75, 3.05) is 19.6 Å². The molecule has 30 heavy (non-hydrogen) atoms. The minimum absolute atomic E-state index is 0.0106. The molecule has 1 amide bonds. The molecule has 1 aromatic carbocycles. The van der Waals surface area contributed by atoms with Gasteiger partial charge in [0.05, 0.1) is 15.1 Å². The van der Waals surface area contributed by atoms with Gasteiger partial charge in [0.2, 0.25) is 15.9 Å². The van der Waals surface area contributed by atoms with Crippen LogP contribution < -0.4 is 4.87 Å². The summed E-state index contributed by atoms with van der Waals surface area (Å²) >= 11 is 1.04. The summed E-state index contributed by atoms with van der Waals surface area (Å²) in [5.41, 5.74) is 0.696. The van der Waals surface area contributed by atoms with Crippen LogP contribution in [0, 0.1) is 0 Å². The summed E-state index contributed by atoms with van der Waals surface area (Å²) < 4.78 is 30.1. The Hall–Kier alpha value is -1.71. The number of rotatable bonds is 5. The molecular weight excluding hydrogens is 422 g/mol. The van der Waals surface area contributed by atoms with Gasteiger partial charge in [-0.2, -0.15) is 4.31 Å². The molecule has 4 rings (SSSR count). The van der Waals surface area contributed by atoms with Crippen molar-refractivity contribution in [1.82, 2.24) is 13.8 Å². The maximum Gasteiger partial charge on any atom is 0.308 e. The van der Waals surface area contributed by atoms with E-state index in [1.54, 1.807) is 27.1 Å². The Balaban J connectivity index is 1.55. The van der Waals surface area contributed by atoms with E-state index >= 15 is 0 Å². The Morgan fingerprint density at radius 3 is 2.57 bits per heavy atom. The van der Waals surface area contributed by atoms with Crippen LogP contribution in [0.15, 0.2) is 27.9 Å². The number of hydrogen-bond acceptors (Lipinski definition) is 5. The number of aromatic nitrogens is 1. The van der Waals surface area contributed by atoms with E-state index in [0.29, 0.717) is 23.3 Å². The van der Waals surface area contributed by atoms with Crippen molar-refractivity contribution in [2.24, 2.45) is 0 Å². The molecule has 7 nitrogen and oxygen atoms in total. The van der Waals surface area contributed by atoms with Gasteiger partial charge in [-0.25, -0.2) is 8.42 Å². The molecular formula is C21H29N3O4S2. The van der Waals surface area contributed by atoms with Gasteiger partial charge in [0, 0.05) is 38.6 Å². The van der Waals surface area contributed by atoms with Gasteiger partial charge in [0.25, 0.3) is 0 Å². The predicted octanol–water partition coefficient (Wildman–Crippen LogP) is 3.03. The van der Waals surface area contributed by atoms with Crippen molar-refractivity contribution < 1.29 is 13.2 Å². The van der Waals surface area contributed by atoms with Crippen molar-refractivity contribution >= 4 is 37.5 Å². The minimum Gasteiger partial charge on any atom is -0.343 e. The second-order valence-corrected chi connectivity index (χ2v) is 11.2.